The lowest BCUT2D eigenvalue weighted by molar-refractivity contribution is -0.122. The molecule has 1 aliphatic heterocycles. The van der Waals surface area contributed by atoms with Crippen LogP contribution in [0.25, 0.3) is 0 Å². The minimum Gasteiger partial charge on any atom is -0.493 e. The van der Waals surface area contributed by atoms with Gasteiger partial charge in [0, 0.05) is 0 Å². The largest absolute Gasteiger partial charge is 0.493 e. The number of amides is 1. The van der Waals surface area contributed by atoms with Crippen molar-refractivity contribution in [1.29, 1.82) is 0 Å². The minimum absolute atomic E-state index is 0.0623. The standard InChI is InChI=1S/C20H23NO4/c1-14-7-8-15(2)19(11-14)23-10-9-20(22)21-12-16-13-24-17-5-3-4-6-18(17)25-16/h3-8,11,16H,9-10,12-13H2,1-2H3,(H,21,22). The van der Waals surface area contributed by atoms with Crippen LogP contribution in [0.1, 0.15) is 17.5 Å². The van der Waals surface area contributed by atoms with Crippen molar-refractivity contribution in [2.45, 2.75) is 26.4 Å². The first kappa shape index (κ1) is 17.1. The molecule has 1 aliphatic rings. The molecule has 0 saturated carbocycles. The Balaban J connectivity index is 1.39. The molecule has 132 valence electrons. The number of benzene rings is 2. The van der Waals surface area contributed by atoms with Gasteiger partial charge in [0.15, 0.2) is 11.5 Å². The highest BCUT2D eigenvalue weighted by Crippen LogP contribution is 2.30. The highest BCUT2D eigenvalue weighted by molar-refractivity contribution is 5.76. The number of ether oxygens (including phenoxy) is 3. The van der Waals surface area contributed by atoms with E-state index in [0.717, 1.165) is 22.6 Å². The summed E-state index contributed by atoms with van der Waals surface area (Å²) in [4.78, 5) is 12.0. The zero-order valence-electron chi connectivity index (χ0n) is 14.6. The molecule has 2 aromatic carbocycles. The van der Waals surface area contributed by atoms with Gasteiger partial charge >= 0.3 is 0 Å². The Labute approximate surface area is 147 Å². The molecule has 25 heavy (non-hydrogen) atoms. The summed E-state index contributed by atoms with van der Waals surface area (Å²) in [7, 11) is 0. The van der Waals surface area contributed by atoms with Crippen LogP contribution in [0.4, 0.5) is 0 Å². The molecule has 1 atom stereocenters. The molecule has 1 N–H and O–H groups in total. The topological polar surface area (TPSA) is 56.8 Å². The molecule has 0 radical (unpaired) electrons. The summed E-state index contributed by atoms with van der Waals surface area (Å²) in [5.74, 6) is 2.22. The fourth-order valence-corrected chi connectivity index (χ4v) is 2.60. The van der Waals surface area contributed by atoms with Gasteiger partial charge in [-0.3, -0.25) is 4.79 Å². The fraction of sp³-hybridized carbons (Fsp3) is 0.350. The van der Waals surface area contributed by atoms with Gasteiger partial charge in [0.1, 0.15) is 18.5 Å². The lowest BCUT2D eigenvalue weighted by atomic mass is 10.1. The Morgan fingerprint density at radius 2 is 2.00 bits per heavy atom. The van der Waals surface area contributed by atoms with E-state index < -0.39 is 0 Å². The maximum atomic E-state index is 12.0. The molecule has 5 heteroatoms. The fourth-order valence-electron chi connectivity index (χ4n) is 2.60. The van der Waals surface area contributed by atoms with Crippen LogP contribution in [-0.4, -0.2) is 31.8 Å². The molecule has 1 unspecified atom stereocenters. The number of hydrogen-bond acceptors (Lipinski definition) is 4. The SMILES string of the molecule is Cc1ccc(C)c(OCCC(=O)NCC2COc3ccccc3O2)c1. The van der Waals surface area contributed by atoms with E-state index in [1.54, 1.807) is 0 Å². The van der Waals surface area contributed by atoms with Gasteiger partial charge in [-0.15, -0.1) is 0 Å². The zero-order valence-corrected chi connectivity index (χ0v) is 14.6. The Bertz CT molecular complexity index is 744. The molecule has 0 fully saturated rings. The van der Waals surface area contributed by atoms with Crippen molar-refractivity contribution in [1.82, 2.24) is 5.32 Å². The van der Waals surface area contributed by atoms with Gasteiger partial charge in [-0.05, 0) is 43.2 Å². The Hall–Kier alpha value is -2.69. The Morgan fingerprint density at radius 3 is 2.84 bits per heavy atom. The second kappa shape index (κ2) is 7.92. The van der Waals surface area contributed by atoms with Crippen LogP contribution in [0.3, 0.4) is 0 Å². The first-order valence-electron chi connectivity index (χ1n) is 8.47. The van der Waals surface area contributed by atoms with E-state index >= 15 is 0 Å². The van der Waals surface area contributed by atoms with Crippen LogP contribution in [0.5, 0.6) is 17.2 Å². The molecular weight excluding hydrogens is 318 g/mol. The number of para-hydroxylation sites is 2. The Kier molecular flexibility index (Phi) is 5.43. The molecule has 0 saturated heterocycles. The molecule has 2 aromatic rings. The molecule has 3 rings (SSSR count). The van der Waals surface area contributed by atoms with Gasteiger partial charge in [-0.25, -0.2) is 0 Å². The predicted molar refractivity (Wildman–Crippen MR) is 95.4 cm³/mol. The maximum Gasteiger partial charge on any atom is 0.223 e. The molecular formula is C20H23NO4. The zero-order chi connectivity index (χ0) is 17.6. The molecule has 0 aliphatic carbocycles. The van der Waals surface area contributed by atoms with Crippen molar-refractivity contribution in [2.75, 3.05) is 19.8 Å². The van der Waals surface area contributed by atoms with Crippen LogP contribution in [0.15, 0.2) is 42.5 Å². The average molecular weight is 341 g/mol. The van der Waals surface area contributed by atoms with Crippen LogP contribution in [-0.2, 0) is 4.79 Å². The third-order valence-electron chi connectivity index (χ3n) is 4.02. The van der Waals surface area contributed by atoms with E-state index in [0.29, 0.717) is 31.9 Å². The third kappa shape index (κ3) is 4.66. The highest BCUT2D eigenvalue weighted by atomic mass is 16.6. The second-order valence-electron chi connectivity index (χ2n) is 6.17. The molecule has 1 heterocycles. The summed E-state index contributed by atoms with van der Waals surface area (Å²) in [5.41, 5.74) is 2.21. The van der Waals surface area contributed by atoms with Crippen molar-refractivity contribution >= 4 is 5.91 Å². The summed E-state index contributed by atoms with van der Waals surface area (Å²) < 4.78 is 17.2. The summed E-state index contributed by atoms with van der Waals surface area (Å²) in [5, 5.41) is 2.87. The van der Waals surface area contributed by atoms with Crippen LogP contribution >= 0.6 is 0 Å². The molecule has 5 nitrogen and oxygen atoms in total. The molecule has 0 spiro atoms. The van der Waals surface area contributed by atoms with Crippen molar-refractivity contribution < 1.29 is 19.0 Å². The molecule has 0 aromatic heterocycles. The third-order valence-corrected chi connectivity index (χ3v) is 4.02. The summed E-state index contributed by atoms with van der Waals surface area (Å²) in [6.07, 6.45) is 0.121. The van der Waals surface area contributed by atoms with Crippen LogP contribution in [0.2, 0.25) is 0 Å². The minimum atomic E-state index is -0.182. The summed E-state index contributed by atoms with van der Waals surface area (Å²) >= 11 is 0. The van der Waals surface area contributed by atoms with Gasteiger partial charge in [0.05, 0.1) is 19.6 Å². The average Bonchev–Trinajstić information content (AvgIpc) is 2.62. The second-order valence-corrected chi connectivity index (χ2v) is 6.17. The van der Waals surface area contributed by atoms with E-state index in [1.807, 2.05) is 56.3 Å². The van der Waals surface area contributed by atoms with Crippen LogP contribution < -0.4 is 19.5 Å². The van der Waals surface area contributed by atoms with E-state index in [-0.39, 0.29) is 12.0 Å². The highest BCUT2D eigenvalue weighted by Gasteiger charge is 2.20. The lowest BCUT2D eigenvalue weighted by Gasteiger charge is -2.26. The van der Waals surface area contributed by atoms with Gasteiger partial charge in [-0.2, -0.15) is 0 Å². The smallest absolute Gasteiger partial charge is 0.223 e. The van der Waals surface area contributed by atoms with Gasteiger partial charge in [0.25, 0.3) is 0 Å². The van der Waals surface area contributed by atoms with E-state index in [9.17, 15) is 4.79 Å². The number of aryl methyl sites for hydroxylation is 2. The number of rotatable bonds is 6. The van der Waals surface area contributed by atoms with Crippen molar-refractivity contribution in [3.05, 3.63) is 53.6 Å². The molecule has 0 bridgehead atoms. The van der Waals surface area contributed by atoms with Crippen molar-refractivity contribution in [3.63, 3.8) is 0 Å². The summed E-state index contributed by atoms with van der Waals surface area (Å²) in [6.45, 7) is 5.20. The molecule has 1 amide bonds. The number of nitrogens with one attached hydrogen (secondary N) is 1. The first-order chi connectivity index (χ1) is 12.1. The number of fused-ring (bicyclic) bond motifs is 1. The van der Waals surface area contributed by atoms with Gasteiger partial charge in [-0.1, -0.05) is 24.3 Å². The normalized spacial score (nSPS) is 15.5. The van der Waals surface area contributed by atoms with E-state index in [2.05, 4.69) is 5.32 Å². The van der Waals surface area contributed by atoms with Gasteiger partial charge < -0.3 is 19.5 Å². The number of carbonyl (C=O) groups is 1. The number of hydrogen-bond donors (Lipinski definition) is 1. The maximum absolute atomic E-state index is 12.0. The van der Waals surface area contributed by atoms with Crippen molar-refractivity contribution in [2.24, 2.45) is 0 Å². The van der Waals surface area contributed by atoms with E-state index in [4.69, 9.17) is 14.2 Å². The van der Waals surface area contributed by atoms with E-state index in [1.165, 1.54) is 0 Å². The van der Waals surface area contributed by atoms with Crippen molar-refractivity contribution in [3.8, 4) is 17.2 Å². The quantitative estimate of drug-likeness (QED) is 0.877. The first-order valence-corrected chi connectivity index (χ1v) is 8.47. The Morgan fingerprint density at radius 1 is 1.20 bits per heavy atom. The number of carbonyl (C=O) groups excluding carboxylic acids is 1. The summed E-state index contributed by atoms with van der Waals surface area (Å²) in [6, 6.07) is 13.6. The monoisotopic (exact) mass is 341 g/mol. The lowest BCUT2D eigenvalue weighted by Crippen LogP contribution is -2.41. The van der Waals surface area contributed by atoms with Gasteiger partial charge in [0.2, 0.25) is 5.91 Å². The van der Waals surface area contributed by atoms with Crippen LogP contribution in [0, 0.1) is 13.8 Å². The predicted octanol–water partition coefficient (Wildman–Crippen LogP) is 3.03.